The molecule has 0 atom stereocenters. The van der Waals surface area contributed by atoms with E-state index < -0.39 is 55.5 Å². The highest BCUT2D eigenvalue weighted by Crippen LogP contribution is 2.30. The number of hydrogen-bond donors (Lipinski definition) is 4. The zero-order valence-electron chi connectivity index (χ0n) is 35.5. The van der Waals surface area contributed by atoms with E-state index in [1.165, 1.54) is 0 Å². The van der Waals surface area contributed by atoms with E-state index in [9.17, 15) is 54.7 Å². The lowest BCUT2D eigenvalue weighted by Crippen LogP contribution is -2.37. The van der Waals surface area contributed by atoms with Crippen molar-refractivity contribution in [3.63, 3.8) is 0 Å². The second-order valence-electron chi connectivity index (χ2n) is 15.4. The van der Waals surface area contributed by atoms with E-state index in [4.69, 9.17) is 9.57 Å². The molecule has 0 radical (unpaired) electrons. The number of benzene rings is 3. The number of fused-ring (bicyclic) bond motifs is 2. The fourth-order valence-electron chi connectivity index (χ4n) is 7.37. The minimum absolute atomic E-state index is 0.00788. The van der Waals surface area contributed by atoms with E-state index >= 15 is 0 Å². The Morgan fingerprint density at radius 3 is 1.84 bits per heavy atom. The molecule has 19 nitrogen and oxygen atoms in total. The molecule has 2 heterocycles. The third-order valence-electron chi connectivity index (χ3n) is 10.4. The Morgan fingerprint density at radius 2 is 1.28 bits per heavy atom. The minimum Gasteiger partial charge on any atom is -0.422 e. The van der Waals surface area contributed by atoms with Crippen molar-refractivity contribution in [1.82, 2.24) is 20.6 Å². The minimum atomic E-state index is -4.25. The first kappa shape index (κ1) is 49.2. The third kappa shape index (κ3) is 14.1. The van der Waals surface area contributed by atoms with Crippen molar-refractivity contribution in [2.45, 2.75) is 71.8 Å². The van der Waals surface area contributed by atoms with E-state index in [0.717, 1.165) is 0 Å². The monoisotopic (exact) mass is 926 g/mol. The lowest BCUT2D eigenvalue weighted by Gasteiger charge is -2.22. The van der Waals surface area contributed by atoms with Gasteiger partial charge in [0.25, 0.3) is 38.0 Å². The van der Waals surface area contributed by atoms with Gasteiger partial charge in [0, 0.05) is 69.4 Å². The lowest BCUT2D eigenvalue weighted by atomic mass is 10.0. The molecule has 0 bridgehead atoms. The summed E-state index contributed by atoms with van der Waals surface area (Å²) >= 11 is 0. The molecule has 4 amide bonds. The molecule has 1 aromatic heterocycles. The van der Waals surface area contributed by atoms with Crippen LogP contribution < -0.4 is 19.9 Å². The number of pyridine rings is 1. The summed E-state index contributed by atoms with van der Waals surface area (Å²) < 4.78 is 72.4. The summed E-state index contributed by atoms with van der Waals surface area (Å²) in [6, 6.07) is 17.6. The van der Waals surface area contributed by atoms with Crippen LogP contribution in [0.2, 0.25) is 0 Å². The Kier molecular flexibility index (Phi) is 17.0. The number of ether oxygens (including phenoxy) is 1. The number of imide groups is 1. The van der Waals surface area contributed by atoms with Crippen molar-refractivity contribution in [1.29, 1.82) is 0 Å². The van der Waals surface area contributed by atoms with E-state index in [2.05, 4.69) is 10.6 Å². The molecular formula is C43H52N5O14S2+. The fourth-order valence-corrected chi connectivity index (χ4v) is 8.35. The third-order valence-corrected chi connectivity index (χ3v) is 11.9. The largest absolute Gasteiger partial charge is 0.422 e. The van der Waals surface area contributed by atoms with Gasteiger partial charge in [-0.15, -0.1) is 5.06 Å². The number of amides is 4. The zero-order valence-corrected chi connectivity index (χ0v) is 37.2. The fraction of sp³-hybridized carbons (Fsp3) is 0.419. The summed E-state index contributed by atoms with van der Waals surface area (Å²) in [6.07, 6.45) is 0.881. The molecule has 3 aromatic carbocycles. The second-order valence-corrected chi connectivity index (χ2v) is 18.5. The van der Waals surface area contributed by atoms with Crippen molar-refractivity contribution < 1.29 is 68.8 Å². The molecule has 344 valence electrons. The summed E-state index contributed by atoms with van der Waals surface area (Å²) in [5.74, 6) is -4.00. The predicted octanol–water partition coefficient (Wildman–Crippen LogP) is 2.99. The average molecular weight is 927 g/mol. The van der Waals surface area contributed by atoms with Crippen LogP contribution in [0.25, 0.3) is 21.8 Å². The number of hydroxylamine groups is 2. The molecule has 1 aliphatic heterocycles. The van der Waals surface area contributed by atoms with Gasteiger partial charge in [-0.2, -0.15) is 21.4 Å². The average Bonchev–Trinajstić information content (AvgIpc) is 3.54. The quantitative estimate of drug-likeness (QED) is 0.0159. The summed E-state index contributed by atoms with van der Waals surface area (Å²) in [5, 5.41) is 7.18. The smallest absolute Gasteiger partial charge is 0.345 e. The van der Waals surface area contributed by atoms with Crippen LogP contribution in [0.15, 0.2) is 60.7 Å². The van der Waals surface area contributed by atoms with E-state index in [1.54, 1.807) is 67.3 Å². The van der Waals surface area contributed by atoms with Crippen molar-refractivity contribution in [3.8, 4) is 5.75 Å². The highest BCUT2D eigenvalue weighted by Gasteiger charge is 2.33. The van der Waals surface area contributed by atoms with Crippen LogP contribution in [-0.4, -0.2) is 116 Å². The maximum Gasteiger partial charge on any atom is 0.345 e. The van der Waals surface area contributed by atoms with Crippen molar-refractivity contribution >= 4 is 77.6 Å². The van der Waals surface area contributed by atoms with Crippen molar-refractivity contribution in [2.24, 2.45) is 0 Å². The molecule has 0 aliphatic carbocycles. The van der Waals surface area contributed by atoms with Crippen LogP contribution in [0, 0.1) is 13.8 Å². The number of rotatable bonds is 23. The summed E-state index contributed by atoms with van der Waals surface area (Å²) in [5.41, 5.74) is 3.02. The van der Waals surface area contributed by atoms with Gasteiger partial charge >= 0.3 is 11.9 Å². The van der Waals surface area contributed by atoms with Crippen molar-refractivity contribution in [2.75, 3.05) is 44.2 Å². The summed E-state index contributed by atoms with van der Waals surface area (Å²) in [4.78, 5) is 81.3. The molecule has 21 heteroatoms. The molecule has 4 aromatic rings. The van der Waals surface area contributed by atoms with Crippen LogP contribution in [0.3, 0.4) is 0 Å². The van der Waals surface area contributed by atoms with Crippen LogP contribution in [0.1, 0.15) is 83.2 Å². The highest BCUT2D eigenvalue weighted by molar-refractivity contribution is 7.86. The molecule has 64 heavy (non-hydrogen) atoms. The summed E-state index contributed by atoms with van der Waals surface area (Å²) in [7, 11) is -8.42. The SMILES string of the molecule is Cc1cc(C(=O)NCCCN(CCCNC(=O)CCCC(=O)ON2C(=O)CCC2=O)CCS(=O)(=O)O)cc(C)c1OC(=O)c1c2ccccc2[n+](CCCS(=O)(=O)O)c2ccccc12. The van der Waals surface area contributed by atoms with Gasteiger partial charge in [0.15, 0.2) is 6.54 Å². The molecule has 0 unspecified atom stereocenters. The molecule has 0 saturated carbocycles. The van der Waals surface area contributed by atoms with Gasteiger partial charge in [-0.3, -0.25) is 28.3 Å². The maximum absolute atomic E-state index is 14.1. The van der Waals surface area contributed by atoms with Crippen LogP contribution in [0.5, 0.6) is 5.75 Å². The van der Waals surface area contributed by atoms with E-state index in [0.29, 0.717) is 75.1 Å². The second kappa shape index (κ2) is 22.2. The number of hydrogen-bond acceptors (Lipinski definition) is 13. The number of aromatic nitrogens is 1. The Bertz CT molecular complexity index is 2560. The molecular weight excluding hydrogens is 875 g/mol. The van der Waals surface area contributed by atoms with Gasteiger partial charge < -0.3 is 25.1 Å². The number of aryl methyl sites for hydroxylation is 3. The maximum atomic E-state index is 14.1. The van der Waals surface area contributed by atoms with Crippen LogP contribution in [-0.2, 0) is 50.8 Å². The molecule has 1 fully saturated rings. The molecule has 0 spiro atoms. The number of para-hydroxylation sites is 2. The Balaban J connectivity index is 1.13. The lowest BCUT2D eigenvalue weighted by molar-refractivity contribution is -0.645. The number of carbonyl (C=O) groups is 6. The first-order valence-electron chi connectivity index (χ1n) is 20.7. The molecule has 1 saturated heterocycles. The standard InChI is InChI=1S/C43H51N5O14S2/c1-29-27-31(28-30(2)41(29)61-43(54)40-32-11-3-5-13-34(32)47(23-10-25-63(55,56)57)35-14-6-4-12-33(35)40)42(53)45-20-9-22-46(24-26-64(58,59)60)21-8-19-44-36(49)15-7-16-39(52)62-48-37(50)17-18-38(48)51/h3-6,11-14,27-28H,7-10,15-26H2,1-2H3,(H3-,44,45,49,53,55,56,57,58,59,60)/p+1. The Labute approximate surface area is 370 Å². The van der Waals surface area contributed by atoms with E-state index in [1.807, 2.05) is 16.7 Å². The van der Waals surface area contributed by atoms with Gasteiger partial charge in [-0.05, 0) is 81.6 Å². The normalized spacial score (nSPS) is 13.2. The topological polar surface area (TPSA) is 264 Å². The van der Waals surface area contributed by atoms with Crippen LogP contribution in [0.4, 0.5) is 0 Å². The molecule has 4 N–H and O–H groups in total. The predicted molar refractivity (Wildman–Crippen MR) is 232 cm³/mol. The van der Waals surface area contributed by atoms with Crippen molar-refractivity contribution in [3.05, 3.63) is 82.9 Å². The number of esters is 1. The van der Waals surface area contributed by atoms with Gasteiger partial charge in [0.2, 0.25) is 16.9 Å². The van der Waals surface area contributed by atoms with Crippen LogP contribution >= 0.6 is 0 Å². The van der Waals surface area contributed by atoms with E-state index in [-0.39, 0.29) is 82.3 Å². The number of carbonyl (C=O) groups excluding carboxylic acids is 6. The number of nitrogens with zero attached hydrogens (tertiary/aromatic N) is 3. The Hall–Kier alpha value is -5.87. The first-order chi connectivity index (χ1) is 30.3. The molecule has 1 aliphatic rings. The van der Waals surface area contributed by atoms with Gasteiger partial charge in [0.05, 0.1) is 27.8 Å². The summed E-state index contributed by atoms with van der Waals surface area (Å²) in [6.45, 7) is 4.87. The van der Waals surface area contributed by atoms with Gasteiger partial charge in [-0.25, -0.2) is 9.59 Å². The number of nitrogens with one attached hydrogen (secondary N) is 2. The molecule has 5 rings (SSSR count). The van der Waals surface area contributed by atoms with Gasteiger partial charge in [-0.1, -0.05) is 24.3 Å². The zero-order chi connectivity index (χ0) is 46.6. The first-order valence-corrected chi connectivity index (χ1v) is 23.9. The Morgan fingerprint density at radius 1 is 0.734 bits per heavy atom. The highest BCUT2D eigenvalue weighted by atomic mass is 32.2. The van der Waals surface area contributed by atoms with Gasteiger partial charge in [0.1, 0.15) is 5.75 Å².